The first-order valence-electron chi connectivity index (χ1n) is 10.3. The van der Waals surface area contributed by atoms with E-state index in [1.165, 1.54) is 5.06 Å². The zero-order valence-electron chi connectivity index (χ0n) is 18.4. The standard InChI is InChI=1S/C22H23N9O2/c1-11-14(7-25-9-16(11)23)17-4-13-5-19(26-8-15(13)22(24)27-17)28-20-6-18-12(2)33-30(3)21(32)10-31(18)29-20/h4-9,12H,10,23H2,1-3H3,(H2,24,27)(H,26,28,29)/t12-/m0/s1. The average molecular weight is 445 g/mol. The number of nitrogens with one attached hydrogen (secondary N) is 1. The Hall–Kier alpha value is -4.25. The van der Waals surface area contributed by atoms with Crippen molar-refractivity contribution >= 4 is 39.8 Å². The van der Waals surface area contributed by atoms with Crippen molar-refractivity contribution in [2.75, 3.05) is 23.8 Å². The molecule has 4 aromatic rings. The first kappa shape index (κ1) is 20.6. The Labute approximate surface area is 189 Å². The Morgan fingerprint density at radius 3 is 2.79 bits per heavy atom. The summed E-state index contributed by atoms with van der Waals surface area (Å²) in [5.74, 6) is 1.32. The number of hydrogen-bond acceptors (Lipinski definition) is 9. The molecule has 11 nitrogen and oxygen atoms in total. The van der Waals surface area contributed by atoms with Crippen molar-refractivity contribution in [2.24, 2.45) is 0 Å². The van der Waals surface area contributed by atoms with Crippen LogP contribution in [0, 0.1) is 6.92 Å². The van der Waals surface area contributed by atoms with Crippen LogP contribution < -0.4 is 16.8 Å². The molecule has 5 rings (SSSR count). The van der Waals surface area contributed by atoms with Gasteiger partial charge in [-0.05, 0) is 36.9 Å². The lowest BCUT2D eigenvalue weighted by Crippen LogP contribution is -2.28. The van der Waals surface area contributed by atoms with Crippen LogP contribution >= 0.6 is 0 Å². The number of pyridine rings is 3. The zero-order chi connectivity index (χ0) is 23.3. The summed E-state index contributed by atoms with van der Waals surface area (Å²) in [6.45, 7) is 3.89. The summed E-state index contributed by atoms with van der Waals surface area (Å²) < 4.78 is 1.63. The van der Waals surface area contributed by atoms with Gasteiger partial charge in [0, 0.05) is 36.5 Å². The molecule has 0 bridgehead atoms. The molecule has 0 spiro atoms. The molecular weight excluding hydrogens is 422 g/mol. The van der Waals surface area contributed by atoms with Crippen LogP contribution in [0.4, 0.5) is 23.1 Å². The fourth-order valence-electron chi connectivity index (χ4n) is 3.83. The first-order valence-corrected chi connectivity index (χ1v) is 10.3. The monoisotopic (exact) mass is 445 g/mol. The number of nitrogen functional groups attached to an aromatic ring is 2. The molecular formula is C22H23N9O2. The minimum absolute atomic E-state index is 0.0994. The third-order valence-electron chi connectivity index (χ3n) is 5.71. The highest BCUT2D eigenvalue weighted by Crippen LogP contribution is 2.31. The summed E-state index contributed by atoms with van der Waals surface area (Å²) in [7, 11) is 1.60. The molecule has 0 saturated carbocycles. The predicted molar refractivity (Wildman–Crippen MR) is 124 cm³/mol. The van der Waals surface area contributed by atoms with Gasteiger partial charge in [-0.15, -0.1) is 0 Å². The normalized spacial score (nSPS) is 16.0. The molecule has 1 aliphatic heterocycles. The number of amides is 1. The van der Waals surface area contributed by atoms with E-state index in [1.54, 1.807) is 30.3 Å². The molecule has 5 heterocycles. The molecule has 0 fully saturated rings. The van der Waals surface area contributed by atoms with Gasteiger partial charge in [0.25, 0.3) is 5.91 Å². The third kappa shape index (κ3) is 3.68. The molecule has 1 atom stereocenters. The number of anilines is 4. The second-order valence-electron chi connectivity index (χ2n) is 7.96. The van der Waals surface area contributed by atoms with E-state index in [-0.39, 0.29) is 18.6 Å². The summed E-state index contributed by atoms with van der Waals surface area (Å²) in [4.78, 5) is 30.9. The molecule has 33 heavy (non-hydrogen) atoms. The van der Waals surface area contributed by atoms with E-state index in [2.05, 4.69) is 25.4 Å². The van der Waals surface area contributed by atoms with Crippen molar-refractivity contribution in [1.29, 1.82) is 0 Å². The second kappa shape index (κ2) is 7.71. The van der Waals surface area contributed by atoms with Gasteiger partial charge in [0.05, 0.1) is 23.3 Å². The number of carbonyl (C=O) groups excluding carboxylic acids is 1. The van der Waals surface area contributed by atoms with E-state index < -0.39 is 0 Å². The number of aromatic nitrogens is 5. The molecule has 5 N–H and O–H groups in total. The van der Waals surface area contributed by atoms with E-state index in [9.17, 15) is 4.79 Å². The minimum Gasteiger partial charge on any atom is -0.397 e. The molecule has 4 aromatic heterocycles. The van der Waals surface area contributed by atoms with E-state index in [1.807, 2.05) is 32.0 Å². The van der Waals surface area contributed by atoms with Gasteiger partial charge in [-0.3, -0.25) is 19.3 Å². The number of fused-ring (bicyclic) bond motifs is 2. The Morgan fingerprint density at radius 1 is 1.15 bits per heavy atom. The van der Waals surface area contributed by atoms with Crippen LogP contribution in [0.2, 0.25) is 0 Å². The van der Waals surface area contributed by atoms with Gasteiger partial charge in [-0.2, -0.15) is 5.10 Å². The summed E-state index contributed by atoms with van der Waals surface area (Å²) in [6, 6.07) is 5.64. The van der Waals surface area contributed by atoms with Crippen molar-refractivity contribution in [3.63, 3.8) is 0 Å². The predicted octanol–water partition coefficient (Wildman–Crippen LogP) is 2.57. The summed E-state index contributed by atoms with van der Waals surface area (Å²) in [5.41, 5.74) is 16.0. The quantitative estimate of drug-likeness (QED) is 0.432. The molecule has 0 unspecified atom stereocenters. The molecule has 0 saturated heterocycles. The van der Waals surface area contributed by atoms with Crippen molar-refractivity contribution in [1.82, 2.24) is 29.8 Å². The number of carbonyl (C=O) groups is 1. The van der Waals surface area contributed by atoms with Crippen LogP contribution in [0.25, 0.3) is 22.0 Å². The summed E-state index contributed by atoms with van der Waals surface area (Å²) in [6.07, 6.45) is 4.68. The molecule has 0 aromatic carbocycles. The average Bonchev–Trinajstić information content (AvgIpc) is 3.13. The highest BCUT2D eigenvalue weighted by Gasteiger charge is 2.25. The van der Waals surface area contributed by atoms with Crippen LogP contribution in [0.15, 0.2) is 36.8 Å². The molecule has 11 heteroatoms. The van der Waals surface area contributed by atoms with Gasteiger partial charge in [0.1, 0.15) is 24.3 Å². The molecule has 1 aliphatic rings. The fraction of sp³-hybridized carbons (Fsp3) is 0.227. The number of nitrogens with zero attached hydrogens (tertiary/aromatic N) is 6. The van der Waals surface area contributed by atoms with Crippen LogP contribution in [0.1, 0.15) is 24.3 Å². The van der Waals surface area contributed by atoms with Crippen molar-refractivity contribution < 1.29 is 9.63 Å². The topological polar surface area (TPSA) is 150 Å². The first-order chi connectivity index (χ1) is 15.8. The number of rotatable bonds is 3. The number of likely N-dealkylation sites (N-methyl/N-ethyl adjacent to an activating group) is 1. The zero-order valence-corrected chi connectivity index (χ0v) is 18.4. The number of hydroxylamine groups is 2. The van der Waals surface area contributed by atoms with Gasteiger partial charge >= 0.3 is 0 Å². The van der Waals surface area contributed by atoms with Crippen LogP contribution in [-0.4, -0.2) is 42.8 Å². The number of nitrogens with two attached hydrogens (primary N) is 2. The minimum atomic E-state index is -0.322. The lowest BCUT2D eigenvalue weighted by atomic mass is 10.0. The molecule has 0 aliphatic carbocycles. The highest BCUT2D eigenvalue weighted by atomic mass is 16.7. The summed E-state index contributed by atoms with van der Waals surface area (Å²) in [5, 5.41) is 10.5. The Kier molecular flexibility index (Phi) is 4.82. The smallest absolute Gasteiger partial charge is 0.267 e. The van der Waals surface area contributed by atoms with Crippen LogP contribution in [0.3, 0.4) is 0 Å². The molecule has 1 amide bonds. The third-order valence-corrected chi connectivity index (χ3v) is 5.71. The Morgan fingerprint density at radius 2 is 1.97 bits per heavy atom. The summed E-state index contributed by atoms with van der Waals surface area (Å²) >= 11 is 0. The fourth-order valence-corrected chi connectivity index (χ4v) is 3.83. The number of hydrogen-bond donors (Lipinski definition) is 3. The van der Waals surface area contributed by atoms with Gasteiger partial charge < -0.3 is 16.8 Å². The van der Waals surface area contributed by atoms with Gasteiger partial charge in [-0.1, -0.05) is 0 Å². The Bertz CT molecular complexity index is 1400. The lowest BCUT2D eigenvalue weighted by molar-refractivity contribution is -0.192. The van der Waals surface area contributed by atoms with Gasteiger partial charge in [0.15, 0.2) is 5.82 Å². The van der Waals surface area contributed by atoms with Crippen LogP contribution in [-0.2, 0) is 16.2 Å². The molecule has 168 valence electrons. The maximum Gasteiger partial charge on any atom is 0.267 e. The van der Waals surface area contributed by atoms with E-state index in [0.29, 0.717) is 28.8 Å². The van der Waals surface area contributed by atoms with E-state index in [0.717, 1.165) is 27.6 Å². The van der Waals surface area contributed by atoms with Gasteiger partial charge in [0.2, 0.25) is 0 Å². The maximum absolute atomic E-state index is 12.1. The molecule has 0 radical (unpaired) electrons. The van der Waals surface area contributed by atoms with Crippen molar-refractivity contribution in [2.45, 2.75) is 26.5 Å². The maximum atomic E-state index is 12.1. The highest BCUT2D eigenvalue weighted by molar-refractivity contribution is 5.95. The van der Waals surface area contributed by atoms with Crippen LogP contribution in [0.5, 0.6) is 0 Å². The largest absolute Gasteiger partial charge is 0.397 e. The second-order valence-corrected chi connectivity index (χ2v) is 7.96. The SMILES string of the molecule is Cc1c(N)cncc1-c1cc2cc(Nc3cc4n(n3)CC(=O)N(C)O[C@H]4C)ncc2c(N)n1. The lowest BCUT2D eigenvalue weighted by Gasteiger charge is -2.16. The van der Waals surface area contributed by atoms with Gasteiger partial charge in [-0.25, -0.2) is 15.0 Å². The van der Waals surface area contributed by atoms with Crippen molar-refractivity contribution in [3.05, 3.63) is 48.0 Å². The van der Waals surface area contributed by atoms with E-state index >= 15 is 0 Å². The van der Waals surface area contributed by atoms with Crippen molar-refractivity contribution in [3.8, 4) is 11.3 Å². The van der Waals surface area contributed by atoms with E-state index in [4.69, 9.17) is 16.3 Å². The Balaban J connectivity index is 1.50.